The van der Waals surface area contributed by atoms with Crippen molar-refractivity contribution in [3.8, 4) is 5.75 Å². The van der Waals surface area contributed by atoms with Gasteiger partial charge in [-0.25, -0.2) is 0 Å². The highest BCUT2D eigenvalue weighted by molar-refractivity contribution is 6.02. The van der Waals surface area contributed by atoms with Gasteiger partial charge in [-0.2, -0.15) is 5.10 Å². The quantitative estimate of drug-likeness (QED) is 0.465. The number of nitrogens with one attached hydrogen (secondary N) is 3. The standard InChI is InChI=1S/C21H18N4O4/c1-13-17-8-7-15(11-18(17)25-24-13)22-20(26)12-29-16-5-2-4-14(10-16)23-21(27)19-6-3-9-28-19/h2-11H,12H2,1H3,(H,22,26)(H,23,27)(H,24,25). The van der Waals surface area contributed by atoms with E-state index >= 15 is 0 Å². The second kappa shape index (κ2) is 7.89. The number of aromatic amines is 1. The molecule has 29 heavy (non-hydrogen) atoms. The van der Waals surface area contributed by atoms with Gasteiger partial charge in [0, 0.05) is 28.5 Å². The second-order valence-corrected chi connectivity index (χ2v) is 6.38. The third-order valence-electron chi connectivity index (χ3n) is 4.24. The Morgan fingerprint density at radius 3 is 2.76 bits per heavy atom. The third-order valence-corrected chi connectivity index (χ3v) is 4.24. The number of anilines is 2. The summed E-state index contributed by atoms with van der Waals surface area (Å²) in [5.41, 5.74) is 2.92. The number of amides is 2. The Bertz CT molecular complexity index is 1160. The molecule has 146 valence electrons. The van der Waals surface area contributed by atoms with E-state index in [9.17, 15) is 9.59 Å². The van der Waals surface area contributed by atoms with Crippen molar-refractivity contribution >= 4 is 34.1 Å². The first-order valence-electron chi connectivity index (χ1n) is 8.91. The molecule has 0 atom stereocenters. The van der Waals surface area contributed by atoms with Crippen molar-refractivity contribution in [2.75, 3.05) is 17.2 Å². The minimum Gasteiger partial charge on any atom is -0.484 e. The van der Waals surface area contributed by atoms with Gasteiger partial charge in [-0.1, -0.05) is 6.07 Å². The van der Waals surface area contributed by atoms with Crippen molar-refractivity contribution in [1.29, 1.82) is 0 Å². The van der Waals surface area contributed by atoms with E-state index < -0.39 is 0 Å². The summed E-state index contributed by atoms with van der Waals surface area (Å²) in [7, 11) is 0. The van der Waals surface area contributed by atoms with Crippen LogP contribution in [0.1, 0.15) is 16.2 Å². The summed E-state index contributed by atoms with van der Waals surface area (Å²) in [5.74, 6) is -0.00827. The Labute approximate surface area is 165 Å². The van der Waals surface area contributed by atoms with Gasteiger partial charge in [0.25, 0.3) is 11.8 Å². The summed E-state index contributed by atoms with van der Waals surface area (Å²) in [6, 6.07) is 15.5. The summed E-state index contributed by atoms with van der Waals surface area (Å²) in [6.45, 7) is 1.76. The van der Waals surface area contributed by atoms with Gasteiger partial charge < -0.3 is 19.8 Å². The van der Waals surface area contributed by atoms with E-state index in [4.69, 9.17) is 9.15 Å². The number of aromatic nitrogens is 2. The average molecular weight is 390 g/mol. The fraction of sp³-hybridized carbons (Fsp3) is 0.0952. The first kappa shape index (κ1) is 18.3. The van der Waals surface area contributed by atoms with Crippen LogP contribution >= 0.6 is 0 Å². The Morgan fingerprint density at radius 1 is 1.07 bits per heavy atom. The van der Waals surface area contributed by atoms with Crippen molar-refractivity contribution in [1.82, 2.24) is 10.2 Å². The van der Waals surface area contributed by atoms with Gasteiger partial charge in [-0.15, -0.1) is 0 Å². The topological polar surface area (TPSA) is 109 Å². The molecule has 2 heterocycles. The maximum atomic E-state index is 12.2. The van der Waals surface area contributed by atoms with Crippen molar-refractivity contribution in [2.45, 2.75) is 6.92 Å². The molecule has 0 unspecified atom stereocenters. The molecule has 8 heteroatoms. The highest BCUT2D eigenvalue weighted by Crippen LogP contribution is 2.20. The van der Waals surface area contributed by atoms with Crippen molar-refractivity contribution in [2.24, 2.45) is 0 Å². The lowest BCUT2D eigenvalue weighted by molar-refractivity contribution is -0.118. The largest absolute Gasteiger partial charge is 0.484 e. The zero-order valence-corrected chi connectivity index (χ0v) is 15.6. The lowest BCUT2D eigenvalue weighted by atomic mass is 10.2. The van der Waals surface area contributed by atoms with E-state index in [0.29, 0.717) is 17.1 Å². The van der Waals surface area contributed by atoms with Crippen molar-refractivity contribution < 1.29 is 18.7 Å². The number of benzene rings is 2. The number of rotatable bonds is 6. The van der Waals surface area contributed by atoms with Crippen LogP contribution in [0.2, 0.25) is 0 Å². The first-order valence-corrected chi connectivity index (χ1v) is 8.91. The third kappa shape index (κ3) is 4.27. The number of hydrogen-bond acceptors (Lipinski definition) is 5. The number of nitrogens with zero attached hydrogens (tertiary/aromatic N) is 1. The molecule has 0 aliphatic carbocycles. The fourth-order valence-corrected chi connectivity index (χ4v) is 2.83. The number of H-pyrrole nitrogens is 1. The van der Waals surface area contributed by atoms with Crippen LogP contribution in [0, 0.1) is 6.92 Å². The van der Waals surface area contributed by atoms with Gasteiger partial charge >= 0.3 is 0 Å². The Kier molecular flexibility index (Phi) is 4.98. The smallest absolute Gasteiger partial charge is 0.291 e. The normalized spacial score (nSPS) is 10.7. The molecule has 0 spiro atoms. The molecule has 2 aromatic carbocycles. The first-order chi connectivity index (χ1) is 14.1. The molecule has 0 saturated carbocycles. The van der Waals surface area contributed by atoms with E-state index in [-0.39, 0.29) is 24.2 Å². The molecule has 4 rings (SSSR count). The van der Waals surface area contributed by atoms with E-state index in [2.05, 4.69) is 20.8 Å². The van der Waals surface area contributed by atoms with E-state index in [0.717, 1.165) is 16.6 Å². The minimum absolute atomic E-state index is 0.173. The van der Waals surface area contributed by atoms with Crippen LogP contribution in [0.15, 0.2) is 65.3 Å². The van der Waals surface area contributed by atoms with Gasteiger partial charge in [0.15, 0.2) is 12.4 Å². The summed E-state index contributed by atoms with van der Waals surface area (Å²) in [5, 5.41) is 13.6. The van der Waals surface area contributed by atoms with Gasteiger partial charge in [0.2, 0.25) is 0 Å². The average Bonchev–Trinajstić information content (AvgIpc) is 3.37. The van der Waals surface area contributed by atoms with Crippen LogP contribution in [-0.4, -0.2) is 28.6 Å². The number of fused-ring (bicyclic) bond motifs is 1. The lowest BCUT2D eigenvalue weighted by Crippen LogP contribution is -2.20. The molecule has 3 N–H and O–H groups in total. The van der Waals surface area contributed by atoms with Crippen LogP contribution in [0.3, 0.4) is 0 Å². The zero-order chi connectivity index (χ0) is 20.2. The maximum Gasteiger partial charge on any atom is 0.291 e. The number of carbonyl (C=O) groups excluding carboxylic acids is 2. The number of ether oxygens (including phenoxy) is 1. The molecule has 0 radical (unpaired) electrons. The molecule has 0 bridgehead atoms. The summed E-state index contributed by atoms with van der Waals surface area (Å²) < 4.78 is 10.6. The Hall–Kier alpha value is -4.07. The number of hydrogen-bond donors (Lipinski definition) is 3. The Morgan fingerprint density at radius 2 is 1.93 bits per heavy atom. The van der Waals surface area contributed by atoms with E-state index in [1.54, 1.807) is 42.5 Å². The summed E-state index contributed by atoms with van der Waals surface area (Å²) >= 11 is 0. The molecule has 0 fully saturated rings. The van der Waals surface area contributed by atoms with Gasteiger partial charge in [0.1, 0.15) is 5.75 Å². The summed E-state index contributed by atoms with van der Waals surface area (Å²) in [6.07, 6.45) is 1.43. The highest BCUT2D eigenvalue weighted by atomic mass is 16.5. The molecule has 0 aliphatic rings. The molecule has 2 aromatic heterocycles. The minimum atomic E-state index is -0.367. The molecule has 0 saturated heterocycles. The molecule has 2 amide bonds. The second-order valence-electron chi connectivity index (χ2n) is 6.38. The van der Waals surface area contributed by atoms with Gasteiger partial charge in [-0.3, -0.25) is 14.7 Å². The molecular weight excluding hydrogens is 372 g/mol. The predicted molar refractivity (Wildman–Crippen MR) is 108 cm³/mol. The van der Waals surface area contributed by atoms with Crippen LogP contribution < -0.4 is 15.4 Å². The van der Waals surface area contributed by atoms with E-state index in [1.807, 2.05) is 19.1 Å². The van der Waals surface area contributed by atoms with Crippen LogP contribution in [-0.2, 0) is 4.79 Å². The number of aryl methyl sites for hydroxylation is 1. The lowest BCUT2D eigenvalue weighted by Gasteiger charge is -2.09. The van der Waals surface area contributed by atoms with Crippen LogP contribution in [0.25, 0.3) is 10.9 Å². The molecular formula is C21H18N4O4. The van der Waals surface area contributed by atoms with E-state index in [1.165, 1.54) is 6.26 Å². The molecule has 4 aromatic rings. The number of furan rings is 1. The van der Waals surface area contributed by atoms with Crippen molar-refractivity contribution in [3.63, 3.8) is 0 Å². The maximum absolute atomic E-state index is 12.2. The zero-order valence-electron chi connectivity index (χ0n) is 15.6. The SMILES string of the molecule is Cc1[nH]nc2cc(NC(=O)COc3cccc(NC(=O)c4ccco4)c3)ccc12. The highest BCUT2D eigenvalue weighted by Gasteiger charge is 2.10. The molecule has 0 aliphatic heterocycles. The van der Waals surface area contributed by atoms with Crippen LogP contribution in [0.5, 0.6) is 5.75 Å². The monoisotopic (exact) mass is 390 g/mol. The van der Waals surface area contributed by atoms with Gasteiger partial charge in [0.05, 0.1) is 11.8 Å². The predicted octanol–water partition coefficient (Wildman–Crippen LogP) is 3.73. The van der Waals surface area contributed by atoms with Crippen LogP contribution in [0.4, 0.5) is 11.4 Å². The van der Waals surface area contributed by atoms with Crippen molar-refractivity contribution in [3.05, 3.63) is 72.3 Å². The number of carbonyl (C=O) groups is 2. The van der Waals surface area contributed by atoms with Gasteiger partial charge in [-0.05, 0) is 49.4 Å². The fourth-order valence-electron chi connectivity index (χ4n) is 2.83. The Balaban J connectivity index is 1.34. The molecule has 8 nitrogen and oxygen atoms in total. The summed E-state index contributed by atoms with van der Waals surface area (Å²) in [4.78, 5) is 24.2.